The van der Waals surface area contributed by atoms with Crippen LogP contribution < -0.4 is 0 Å². The molecule has 0 aromatic heterocycles. The van der Waals surface area contributed by atoms with E-state index >= 15 is 0 Å². The largest absolute Gasteiger partial charge is 0.350 e. The summed E-state index contributed by atoms with van der Waals surface area (Å²) < 4.78 is 0. The maximum absolute atomic E-state index is 5.70. The van der Waals surface area contributed by atoms with Gasteiger partial charge >= 0.3 is 0 Å². The van der Waals surface area contributed by atoms with Gasteiger partial charge in [-0.05, 0) is 12.1 Å². The number of benzene rings is 1. The van der Waals surface area contributed by atoms with Crippen LogP contribution in [0.15, 0.2) is 24.3 Å². The molecule has 0 N–H and O–H groups in total. The number of rotatable bonds is 4. The van der Waals surface area contributed by atoms with Crippen molar-refractivity contribution in [2.24, 2.45) is 0 Å². The van der Waals surface area contributed by atoms with Crippen molar-refractivity contribution in [2.45, 2.75) is 19.9 Å². The van der Waals surface area contributed by atoms with E-state index in [0.29, 0.717) is 0 Å². The molecule has 1 rings (SSSR count). The van der Waals surface area contributed by atoms with E-state index in [1.165, 1.54) is 11.1 Å². The van der Waals surface area contributed by atoms with Gasteiger partial charge in [0.1, 0.15) is 0 Å². The Balaban J connectivity index is 0.00000169. The number of hydrogen-bond donors (Lipinski definition) is 0. The van der Waals surface area contributed by atoms with Crippen LogP contribution in [0.5, 0.6) is 0 Å². The molecule has 0 saturated carbocycles. The molecule has 0 aliphatic rings. The molecule has 0 saturated heterocycles. The Kier molecular flexibility index (Phi) is 7.81. The molecular formula is C11H15BNY-. The third kappa shape index (κ3) is 4.72. The first-order valence-electron chi connectivity index (χ1n) is 4.63. The monoisotopic (exact) mass is 261 g/mol. The van der Waals surface area contributed by atoms with Gasteiger partial charge in [-0.1, -0.05) is 36.8 Å². The summed E-state index contributed by atoms with van der Waals surface area (Å²) in [4.78, 5) is 1.79. The number of nitrogens with zero attached hydrogens (tertiary/aromatic N) is 1. The van der Waals surface area contributed by atoms with Crippen LogP contribution in [0.3, 0.4) is 0 Å². The van der Waals surface area contributed by atoms with Gasteiger partial charge in [-0.2, -0.15) is 6.42 Å². The average Bonchev–Trinajstić information content (AvgIpc) is 2.19. The van der Waals surface area contributed by atoms with Gasteiger partial charge < -0.3 is 11.7 Å². The summed E-state index contributed by atoms with van der Waals surface area (Å²) in [5.41, 5.74) is 2.52. The molecule has 0 heterocycles. The molecule has 0 fully saturated rings. The van der Waals surface area contributed by atoms with Crippen molar-refractivity contribution < 1.29 is 32.7 Å². The van der Waals surface area contributed by atoms with Crippen molar-refractivity contribution in [1.82, 2.24) is 4.81 Å². The molecule has 1 aromatic rings. The maximum Gasteiger partial charge on any atom is 0.182 e. The standard InChI is InChI=1S/C11H15BN.Y/c1-3-10-5-7-11(8-6-10)9-13(12)4-2;/h5-8H,1,3-4,9H2,2H3;/q-1;. The molecule has 3 heteroatoms. The Morgan fingerprint density at radius 3 is 2.14 bits per heavy atom. The Morgan fingerprint density at radius 1 is 1.21 bits per heavy atom. The average molecular weight is 261 g/mol. The summed E-state index contributed by atoms with van der Waals surface area (Å²) in [6.45, 7) is 7.56. The van der Waals surface area contributed by atoms with Gasteiger partial charge in [0, 0.05) is 39.3 Å². The molecule has 0 spiro atoms. The van der Waals surface area contributed by atoms with Gasteiger partial charge in [0.15, 0.2) is 7.98 Å². The second kappa shape index (κ2) is 7.62. The molecule has 0 amide bonds. The van der Waals surface area contributed by atoms with E-state index in [0.717, 1.165) is 19.5 Å². The van der Waals surface area contributed by atoms with Gasteiger partial charge in [-0.3, -0.25) is 0 Å². The van der Waals surface area contributed by atoms with Gasteiger partial charge in [0.05, 0.1) is 0 Å². The van der Waals surface area contributed by atoms with E-state index in [1.54, 1.807) is 4.81 Å². The maximum atomic E-state index is 5.70. The van der Waals surface area contributed by atoms with Crippen molar-refractivity contribution in [1.29, 1.82) is 0 Å². The van der Waals surface area contributed by atoms with Crippen molar-refractivity contribution in [2.75, 3.05) is 6.54 Å². The van der Waals surface area contributed by atoms with E-state index in [2.05, 4.69) is 31.2 Å². The molecule has 0 unspecified atom stereocenters. The molecule has 0 bridgehead atoms. The first-order valence-corrected chi connectivity index (χ1v) is 4.63. The summed E-state index contributed by atoms with van der Waals surface area (Å²) >= 11 is 0. The molecule has 71 valence electrons. The second-order valence-corrected chi connectivity index (χ2v) is 3.13. The van der Waals surface area contributed by atoms with Crippen LogP contribution in [-0.4, -0.2) is 19.3 Å². The van der Waals surface area contributed by atoms with Crippen LogP contribution in [0.4, 0.5) is 0 Å². The Morgan fingerprint density at radius 2 is 1.71 bits per heavy atom. The van der Waals surface area contributed by atoms with Crippen LogP contribution in [0.2, 0.25) is 0 Å². The minimum absolute atomic E-state index is 0. The fraction of sp³-hybridized carbons (Fsp3) is 0.364. The Bertz CT molecular complexity index is 248. The summed E-state index contributed by atoms with van der Waals surface area (Å²) in [5, 5.41) is 0. The van der Waals surface area contributed by atoms with E-state index in [-0.39, 0.29) is 32.7 Å². The molecule has 3 radical (unpaired) electrons. The van der Waals surface area contributed by atoms with Crippen molar-refractivity contribution in [3.05, 3.63) is 42.3 Å². The first-order chi connectivity index (χ1) is 6.26. The van der Waals surface area contributed by atoms with E-state index in [4.69, 9.17) is 7.98 Å². The van der Waals surface area contributed by atoms with E-state index < -0.39 is 0 Å². The zero-order valence-electron chi connectivity index (χ0n) is 8.74. The Labute approximate surface area is 114 Å². The topological polar surface area (TPSA) is 3.24 Å². The van der Waals surface area contributed by atoms with E-state index in [1.807, 2.05) is 6.92 Å². The first kappa shape index (κ1) is 14.3. The number of hydrogen-bond acceptors (Lipinski definition) is 1. The van der Waals surface area contributed by atoms with Crippen LogP contribution in [0.1, 0.15) is 18.1 Å². The van der Waals surface area contributed by atoms with Crippen LogP contribution >= 0.6 is 0 Å². The van der Waals surface area contributed by atoms with Crippen molar-refractivity contribution in [3.63, 3.8) is 0 Å². The zero-order valence-corrected chi connectivity index (χ0v) is 11.6. The molecule has 0 aliphatic heterocycles. The molecule has 1 nitrogen and oxygen atoms in total. The fourth-order valence-electron chi connectivity index (χ4n) is 1.16. The van der Waals surface area contributed by atoms with Gasteiger partial charge in [0.2, 0.25) is 0 Å². The summed E-state index contributed by atoms with van der Waals surface area (Å²) in [5.74, 6) is 0. The predicted octanol–water partition coefficient (Wildman–Crippen LogP) is 1.97. The normalized spacial score (nSPS) is 9.93. The van der Waals surface area contributed by atoms with Crippen LogP contribution in [0.25, 0.3) is 0 Å². The summed E-state index contributed by atoms with van der Waals surface area (Å²) in [6.07, 6.45) is 0.848. The van der Waals surface area contributed by atoms with Gasteiger partial charge in [-0.15, -0.1) is 0 Å². The molecule has 0 aliphatic carbocycles. The van der Waals surface area contributed by atoms with Crippen LogP contribution in [0, 0.1) is 6.92 Å². The van der Waals surface area contributed by atoms with Gasteiger partial charge in [-0.25, -0.2) is 0 Å². The minimum atomic E-state index is 0. The predicted molar refractivity (Wildman–Crippen MR) is 57.3 cm³/mol. The molecular weight excluding hydrogens is 246 g/mol. The molecule has 1 aromatic carbocycles. The summed E-state index contributed by atoms with van der Waals surface area (Å²) in [6, 6.07) is 8.42. The SMILES string of the molecule is [B]N(CC)Cc1ccc(C[CH2-])cc1.[Y]. The smallest absolute Gasteiger partial charge is 0.182 e. The zero-order chi connectivity index (χ0) is 9.68. The van der Waals surface area contributed by atoms with E-state index in [9.17, 15) is 0 Å². The third-order valence-electron chi connectivity index (χ3n) is 2.10. The van der Waals surface area contributed by atoms with Gasteiger partial charge in [0.25, 0.3) is 0 Å². The Hall–Kier alpha value is 0.349. The minimum Gasteiger partial charge on any atom is -0.350 e. The van der Waals surface area contributed by atoms with Crippen molar-refractivity contribution >= 4 is 7.98 Å². The summed E-state index contributed by atoms with van der Waals surface area (Å²) in [7, 11) is 5.70. The van der Waals surface area contributed by atoms with Crippen molar-refractivity contribution in [3.8, 4) is 0 Å². The van der Waals surface area contributed by atoms with Crippen LogP contribution in [-0.2, 0) is 45.7 Å². The quantitative estimate of drug-likeness (QED) is 0.591. The third-order valence-corrected chi connectivity index (χ3v) is 2.10. The molecule has 14 heavy (non-hydrogen) atoms. The second-order valence-electron chi connectivity index (χ2n) is 3.13. The molecule has 0 atom stereocenters. The fourth-order valence-corrected chi connectivity index (χ4v) is 1.16.